The lowest BCUT2D eigenvalue weighted by molar-refractivity contribution is 0.0186. The van der Waals surface area contributed by atoms with Crippen LogP contribution in [0.25, 0.3) is 0 Å². The van der Waals surface area contributed by atoms with E-state index < -0.39 is 5.60 Å². The van der Waals surface area contributed by atoms with Crippen molar-refractivity contribution in [2.24, 2.45) is 5.73 Å². The number of benzene rings is 1. The highest BCUT2D eigenvalue weighted by Crippen LogP contribution is 2.27. The van der Waals surface area contributed by atoms with Crippen molar-refractivity contribution < 1.29 is 9.53 Å². The first-order chi connectivity index (χ1) is 9.37. The summed E-state index contributed by atoms with van der Waals surface area (Å²) in [6.45, 7) is 6.88. The lowest BCUT2D eigenvalue weighted by Crippen LogP contribution is -2.50. The number of carbonyl (C=O) groups is 1. The number of nitrogens with two attached hydrogens (primary N) is 1. The fourth-order valence-electron chi connectivity index (χ4n) is 2.59. The first-order valence-corrected chi connectivity index (χ1v) is 7.15. The molecule has 1 aliphatic heterocycles. The van der Waals surface area contributed by atoms with E-state index >= 15 is 0 Å². The second kappa shape index (κ2) is 5.83. The molecule has 1 heterocycles. The van der Waals surface area contributed by atoms with Crippen LogP contribution in [0.2, 0.25) is 0 Å². The Morgan fingerprint density at radius 2 is 1.95 bits per heavy atom. The fourth-order valence-corrected chi connectivity index (χ4v) is 2.59. The van der Waals surface area contributed by atoms with Crippen LogP contribution in [0, 0.1) is 0 Å². The minimum absolute atomic E-state index is 0.0429. The molecule has 0 aromatic heterocycles. The Kier molecular flexibility index (Phi) is 4.33. The molecule has 0 saturated carbocycles. The van der Waals surface area contributed by atoms with Crippen molar-refractivity contribution in [3.8, 4) is 0 Å². The van der Waals surface area contributed by atoms with Crippen LogP contribution >= 0.6 is 0 Å². The maximum atomic E-state index is 12.1. The van der Waals surface area contributed by atoms with Crippen LogP contribution in [0.5, 0.6) is 0 Å². The molecule has 1 amide bonds. The number of piperidine rings is 1. The van der Waals surface area contributed by atoms with Gasteiger partial charge in [-0.2, -0.15) is 0 Å². The van der Waals surface area contributed by atoms with Crippen LogP contribution in [0.4, 0.5) is 4.79 Å². The molecule has 0 unspecified atom stereocenters. The van der Waals surface area contributed by atoms with Crippen molar-refractivity contribution in [2.45, 2.75) is 44.8 Å². The monoisotopic (exact) mass is 276 g/mol. The molecule has 1 aromatic rings. The maximum Gasteiger partial charge on any atom is 0.410 e. The lowest BCUT2D eigenvalue weighted by atomic mass is 9.86. The highest BCUT2D eigenvalue weighted by Gasteiger charge is 2.32. The average molecular weight is 276 g/mol. The van der Waals surface area contributed by atoms with Gasteiger partial charge in [-0.25, -0.2) is 4.79 Å². The number of ether oxygens (including phenoxy) is 1. The SMILES string of the molecule is CC(C)(C)OC(=O)N1CC[C@H](c2ccccc2)[C@@H](N)C1. The van der Waals surface area contributed by atoms with Gasteiger partial charge < -0.3 is 15.4 Å². The van der Waals surface area contributed by atoms with Gasteiger partial charge in [0.2, 0.25) is 0 Å². The molecule has 0 radical (unpaired) electrons. The van der Waals surface area contributed by atoms with Gasteiger partial charge in [-0.05, 0) is 32.8 Å². The number of nitrogens with zero attached hydrogens (tertiary/aromatic N) is 1. The predicted molar refractivity (Wildman–Crippen MR) is 79.6 cm³/mol. The van der Waals surface area contributed by atoms with Gasteiger partial charge >= 0.3 is 6.09 Å². The van der Waals surface area contributed by atoms with E-state index in [2.05, 4.69) is 12.1 Å². The predicted octanol–water partition coefficient (Wildman–Crippen LogP) is 2.74. The average Bonchev–Trinajstić information content (AvgIpc) is 2.37. The molecular formula is C16H24N2O2. The van der Waals surface area contributed by atoms with E-state index in [0.717, 1.165) is 6.42 Å². The van der Waals surface area contributed by atoms with E-state index in [4.69, 9.17) is 10.5 Å². The normalized spacial score (nSPS) is 23.5. The minimum Gasteiger partial charge on any atom is -0.444 e. The van der Waals surface area contributed by atoms with Gasteiger partial charge in [0.15, 0.2) is 0 Å². The number of carbonyl (C=O) groups excluding carboxylic acids is 1. The molecule has 110 valence electrons. The molecule has 20 heavy (non-hydrogen) atoms. The summed E-state index contributed by atoms with van der Waals surface area (Å²) in [5.41, 5.74) is 7.05. The van der Waals surface area contributed by atoms with Crippen LogP contribution in [-0.2, 0) is 4.74 Å². The molecule has 1 aromatic carbocycles. The Morgan fingerprint density at radius 1 is 1.30 bits per heavy atom. The number of likely N-dealkylation sites (tertiary alicyclic amines) is 1. The zero-order chi connectivity index (χ0) is 14.8. The summed E-state index contributed by atoms with van der Waals surface area (Å²) in [5, 5.41) is 0. The van der Waals surface area contributed by atoms with Gasteiger partial charge in [-0.1, -0.05) is 30.3 Å². The summed E-state index contributed by atoms with van der Waals surface area (Å²) in [4.78, 5) is 13.8. The fraction of sp³-hybridized carbons (Fsp3) is 0.562. The Bertz CT molecular complexity index is 453. The van der Waals surface area contributed by atoms with Crippen molar-refractivity contribution in [3.63, 3.8) is 0 Å². The lowest BCUT2D eigenvalue weighted by Gasteiger charge is -2.37. The summed E-state index contributed by atoms with van der Waals surface area (Å²) < 4.78 is 5.40. The third kappa shape index (κ3) is 3.73. The summed E-state index contributed by atoms with van der Waals surface area (Å²) in [7, 11) is 0. The summed E-state index contributed by atoms with van der Waals surface area (Å²) in [6, 6.07) is 10.2. The van der Waals surface area contributed by atoms with Gasteiger partial charge in [0.05, 0.1) is 0 Å². The molecule has 2 atom stereocenters. The Labute approximate surface area is 120 Å². The van der Waals surface area contributed by atoms with Crippen molar-refractivity contribution in [2.75, 3.05) is 13.1 Å². The molecule has 4 heteroatoms. The second-order valence-corrected chi connectivity index (χ2v) is 6.40. The summed E-state index contributed by atoms with van der Waals surface area (Å²) in [6.07, 6.45) is 0.615. The topological polar surface area (TPSA) is 55.6 Å². The zero-order valence-corrected chi connectivity index (χ0v) is 12.5. The highest BCUT2D eigenvalue weighted by atomic mass is 16.6. The quantitative estimate of drug-likeness (QED) is 0.858. The van der Waals surface area contributed by atoms with Crippen molar-refractivity contribution in [1.29, 1.82) is 0 Å². The van der Waals surface area contributed by atoms with E-state index in [9.17, 15) is 4.79 Å². The van der Waals surface area contributed by atoms with Crippen LogP contribution in [0.3, 0.4) is 0 Å². The number of hydrogen-bond acceptors (Lipinski definition) is 3. The van der Waals surface area contributed by atoms with E-state index in [1.165, 1.54) is 5.56 Å². The van der Waals surface area contributed by atoms with Gasteiger partial charge in [-0.15, -0.1) is 0 Å². The first-order valence-electron chi connectivity index (χ1n) is 7.15. The van der Waals surface area contributed by atoms with E-state index in [1.807, 2.05) is 39.0 Å². The molecule has 0 aliphatic carbocycles. The van der Waals surface area contributed by atoms with E-state index in [1.54, 1.807) is 4.90 Å². The first kappa shape index (κ1) is 14.9. The van der Waals surface area contributed by atoms with E-state index in [0.29, 0.717) is 19.0 Å². The van der Waals surface area contributed by atoms with Crippen LogP contribution in [0.1, 0.15) is 38.7 Å². The zero-order valence-electron chi connectivity index (χ0n) is 12.5. The van der Waals surface area contributed by atoms with Crippen molar-refractivity contribution in [3.05, 3.63) is 35.9 Å². The maximum absolute atomic E-state index is 12.1. The minimum atomic E-state index is -0.461. The standard InChI is InChI=1S/C16H24N2O2/c1-16(2,3)20-15(19)18-10-9-13(14(17)11-18)12-7-5-4-6-8-12/h4-8,13-14H,9-11,17H2,1-3H3/t13-,14+/m1/s1. The molecule has 2 N–H and O–H groups in total. The molecular weight excluding hydrogens is 252 g/mol. The Hall–Kier alpha value is -1.55. The third-order valence-electron chi connectivity index (χ3n) is 3.54. The van der Waals surface area contributed by atoms with Crippen LogP contribution in [0.15, 0.2) is 30.3 Å². The molecule has 4 nitrogen and oxygen atoms in total. The Morgan fingerprint density at radius 3 is 2.50 bits per heavy atom. The molecule has 0 spiro atoms. The number of hydrogen-bond donors (Lipinski definition) is 1. The van der Waals surface area contributed by atoms with Crippen molar-refractivity contribution in [1.82, 2.24) is 4.90 Å². The third-order valence-corrected chi connectivity index (χ3v) is 3.54. The van der Waals surface area contributed by atoms with Gasteiger partial charge in [-0.3, -0.25) is 0 Å². The highest BCUT2D eigenvalue weighted by molar-refractivity contribution is 5.68. The van der Waals surface area contributed by atoms with Crippen LogP contribution in [-0.4, -0.2) is 35.7 Å². The Balaban J connectivity index is 1.97. The van der Waals surface area contributed by atoms with Crippen LogP contribution < -0.4 is 5.73 Å². The smallest absolute Gasteiger partial charge is 0.410 e. The van der Waals surface area contributed by atoms with Gasteiger partial charge in [0.25, 0.3) is 0 Å². The molecule has 1 fully saturated rings. The number of rotatable bonds is 1. The molecule has 1 saturated heterocycles. The summed E-state index contributed by atoms with van der Waals surface area (Å²) in [5.74, 6) is 0.315. The second-order valence-electron chi connectivity index (χ2n) is 6.40. The molecule has 1 aliphatic rings. The number of amides is 1. The molecule has 0 bridgehead atoms. The largest absolute Gasteiger partial charge is 0.444 e. The van der Waals surface area contributed by atoms with Gasteiger partial charge in [0, 0.05) is 25.0 Å². The summed E-state index contributed by atoms with van der Waals surface area (Å²) >= 11 is 0. The van der Waals surface area contributed by atoms with E-state index in [-0.39, 0.29) is 12.1 Å². The van der Waals surface area contributed by atoms with Crippen molar-refractivity contribution >= 4 is 6.09 Å². The van der Waals surface area contributed by atoms with Gasteiger partial charge in [0.1, 0.15) is 5.60 Å². The molecule has 2 rings (SSSR count).